The lowest BCUT2D eigenvalue weighted by atomic mass is 9.98. The molecule has 112 valence electrons. The highest BCUT2D eigenvalue weighted by molar-refractivity contribution is 7.15. The maximum absolute atomic E-state index is 12.6. The predicted molar refractivity (Wildman–Crippen MR) is 78.2 cm³/mol. The molecule has 21 heavy (non-hydrogen) atoms. The van der Waals surface area contributed by atoms with Gasteiger partial charge in [0.05, 0.1) is 9.88 Å². The fraction of sp³-hybridized carbons (Fsp3) is 0.333. The first-order valence-electron chi connectivity index (χ1n) is 6.33. The monoisotopic (exact) mass is 311 g/mol. The van der Waals surface area contributed by atoms with Crippen LogP contribution in [0.15, 0.2) is 24.3 Å². The highest BCUT2D eigenvalue weighted by Gasteiger charge is 2.25. The third-order valence-electron chi connectivity index (χ3n) is 2.90. The first-order valence-corrected chi connectivity index (χ1v) is 7.15. The molecule has 0 saturated carbocycles. The highest BCUT2D eigenvalue weighted by atomic mass is 32.1. The van der Waals surface area contributed by atoms with Crippen LogP contribution in [0.3, 0.4) is 0 Å². The maximum Gasteiger partial charge on any atom is 0.356 e. The first-order chi connectivity index (χ1) is 9.70. The summed E-state index contributed by atoms with van der Waals surface area (Å²) in [4.78, 5) is 16.0. The molecule has 0 aliphatic carbocycles. The van der Waals surface area contributed by atoms with Crippen molar-refractivity contribution in [3.63, 3.8) is 0 Å². The van der Waals surface area contributed by atoms with Crippen LogP contribution < -0.4 is 0 Å². The van der Waals surface area contributed by atoms with Gasteiger partial charge in [-0.1, -0.05) is 45.0 Å². The molecule has 0 aliphatic heterocycles. The SMILES string of the molecule is CC(C)(C)c1nc(C(=O)O)c(-c2ccc(C(F)F)cc2)s1. The van der Waals surface area contributed by atoms with Crippen molar-refractivity contribution in [3.8, 4) is 10.4 Å². The molecule has 2 rings (SSSR count). The lowest BCUT2D eigenvalue weighted by Gasteiger charge is -2.13. The number of carbonyl (C=O) groups is 1. The number of hydrogen-bond acceptors (Lipinski definition) is 3. The molecule has 1 aromatic carbocycles. The van der Waals surface area contributed by atoms with E-state index in [1.807, 2.05) is 20.8 Å². The number of thiazole rings is 1. The van der Waals surface area contributed by atoms with Crippen molar-refractivity contribution in [2.75, 3.05) is 0 Å². The van der Waals surface area contributed by atoms with Crippen LogP contribution in [-0.2, 0) is 5.41 Å². The van der Waals surface area contributed by atoms with Crippen LogP contribution in [0.4, 0.5) is 8.78 Å². The summed E-state index contributed by atoms with van der Waals surface area (Å²) in [6.07, 6.45) is -2.54. The number of aromatic nitrogens is 1. The average Bonchev–Trinajstić information content (AvgIpc) is 2.83. The zero-order valence-corrected chi connectivity index (χ0v) is 12.7. The Kier molecular flexibility index (Phi) is 4.09. The lowest BCUT2D eigenvalue weighted by Crippen LogP contribution is -2.11. The smallest absolute Gasteiger partial charge is 0.356 e. The number of benzene rings is 1. The Morgan fingerprint density at radius 1 is 1.24 bits per heavy atom. The average molecular weight is 311 g/mol. The van der Waals surface area contributed by atoms with Gasteiger partial charge in [0.2, 0.25) is 0 Å². The van der Waals surface area contributed by atoms with E-state index in [4.69, 9.17) is 0 Å². The van der Waals surface area contributed by atoms with Crippen molar-refractivity contribution in [1.29, 1.82) is 0 Å². The van der Waals surface area contributed by atoms with Gasteiger partial charge in [0.15, 0.2) is 5.69 Å². The third-order valence-corrected chi connectivity index (χ3v) is 4.43. The molecule has 0 unspecified atom stereocenters. The second-order valence-electron chi connectivity index (χ2n) is 5.67. The molecule has 1 heterocycles. The van der Waals surface area contributed by atoms with Crippen LogP contribution in [0.5, 0.6) is 0 Å². The van der Waals surface area contributed by atoms with Crippen LogP contribution in [0.25, 0.3) is 10.4 Å². The quantitative estimate of drug-likeness (QED) is 0.890. The maximum atomic E-state index is 12.6. The van der Waals surface area contributed by atoms with Gasteiger partial charge < -0.3 is 5.11 Å². The first kappa shape index (κ1) is 15.6. The molecule has 0 fully saturated rings. The fourth-order valence-electron chi connectivity index (χ4n) is 1.76. The number of aromatic carboxylic acids is 1. The second-order valence-corrected chi connectivity index (χ2v) is 6.67. The summed E-state index contributed by atoms with van der Waals surface area (Å²) in [7, 11) is 0. The van der Waals surface area contributed by atoms with Crippen molar-refractivity contribution in [2.45, 2.75) is 32.6 Å². The van der Waals surface area contributed by atoms with Gasteiger partial charge in [0, 0.05) is 11.0 Å². The zero-order valence-electron chi connectivity index (χ0n) is 11.9. The van der Waals surface area contributed by atoms with Crippen LogP contribution in [-0.4, -0.2) is 16.1 Å². The van der Waals surface area contributed by atoms with Gasteiger partial charge in [-0.3, -0.25) is 0 Å². The Bertz CT molecular complexity index is 657. The molecule has 0 radical (unpaired) electrons. The second kappa shape index (κ2) is 5.52. The van der Waals surface area contributed by atoms with Gasteiger partial charge in [-0.05, 0) is 5.56 Å². The minimum absolute atomic E-state index is 0.0327. The van der Waals surface area contributed by atoms with E-state index in [1.165, 1.54) is 35.6 Å². The standard InChI is InChI=1S/C15H15F2NO2S/c1-15(2,3)14-18-10(13(19)20)11(21-14)8-4-6-9(7-5-8)12(16)17/h4-7,12H,1-3H3,(H,19,20). The summed E-state index contributed by atoms with van der Waals surface area (Å²) < 4.78 is 25.1. The van der Waals surface area contributed by atoms with E-state index in [9.17, 15) is 18.7 Å². The van der Waals surface area contributed by atoms with Crippen molar-refractivity contribution >= 4 is 17.3 Å². The van der Waals surface area contributed by atoms with E-state index in [0.29, 0.717) is 15.4 Å². The number of hydrogen-bond donors (Lipinski definition) is 1. The van der Waals surface area contributed by atoms with E-state index >= 15 is 0 Å². The van der Waals surface area contributed by atoms with Gasteiger partial charge in [-0.15, -0.1) is 11.3 Å². The van der Waals surface area contributed by atoms with Gasteiger partial charge in [-0.2, -0.15) is 0 Å². The van der Waals surface area contributed by atoms with Gasteiger partial charge in [0.1, 0.15) is 0 Å². The van der Waals surface area contributed by atoms with E-state index in [0.717, 1.165) is 0 Å². The van der Waals surface area contributed by atoms with Crippen molar-refractivity contribution < 1.29 is 18.7 Å². The Morgan fingerprint density at radius 3 is 2.24 bits per heavy atom. The molecular formula is C15H15F2NO2S. The molecule has 1 N–H and O–H groups in total. The largest absolute Gasteiger partial charge is 0.476 e. The van der Waals surface area contributed by atoms with Crippen LogP contribution in [0.2, 0.25) is 0 Å². The molecule has 0 bridgehead atoms. The zero-order chi connectivity index (χ0) is 15.8. The number of alkyl halides is 2. The Balaban J connectivity index is 2.52. The predicted octanol–water partition coefficient (Wildman–Crippen LogP) is 4.74. The molecule has 0 spiro atoms. The number of carboxylic acid groups (broad SMARTS) is 1. The molecule has 0 aliphatic rings. The Labute approximate surface area is 125 Å². The molecule has 6 heteroatoms. The minimum Gasteiger partial charge on any atom is -0.476 e. The van der Waals surface area contributed by atoms with Crippen molar-refractivity contribution in [1.82, 2.24) is 4.98 Å². The fourth-order valence-corrected chi connectivity index (χ4v) is 2.88. The summed E-state index contributed by atoms with van der Waals surface area (Å²) in [6, 6.07) is 5.63. The third kappa shape index (κ3) is 3.26. The van der Waals surface area contributed by atoms with Gasteiger partial charge in [-0.25, -0.2) is 18.6 Å². The van der Waals surface area contributed by atoms with Crippen LogP contribution >= 0.6 is 11.3 Å². The molecule has 0 saturated heterocycles. The highest BCUT2D eigenvalue weighted by Crippen LogP contribution is 2.36. The normalized spacial score (nSPS) is 11.9. The molecule has 1 aromatic heterocycles. The van der Waals surface area contributed by atoms with Crippen LogP contribution in [0.1, 0.15) is 48.3 Å². The molecular weight excluding hydrogens is 296 g/mol. The van der Waals surface area contributed by atoms with Crippen molar-refractivity contribution in [3.05, 3.63) is 40.5 Å². The topological polar surface area (TPSA) is 50.2 Å². The van der Waals surface area contributed by atoms with Crippen LogP contribution in [0, 0.1) is 0 Å². The lowest BCUT2D eigenvalue weighted by molar-refractivity contribution is 0.0692. The summed E-state index contributed by atoms with van der Waals surface area (Å²) in [5.41, 5.74) is 0.200. The van der Waals surface area contributed by atoms with E-state index in [-0.39, 0.29) is 16.7 Å². The molecule has 2 aromatic rings. The summed E-state index contributed by atoms with van der Waals surface area (Å²) in [5.74, 6) is -1.12. The Morgan fingerprint density at radius 2 is 1.81 bits per heavy atom. The number of carboxylic acids is 1. The van der Waals surface area contributed by atoms with Gasteiger partial charge in [0.25, 0.3) is 6.43 Å². The van der Waals surface area contributed by atoms with E-state index in [1.54, 1.807) is 0 Å². The molecule has 0 atom stereocenters. The summed E-state index contributed by atoms with van der Waals surface area (Å²) >= 11 is 1.28. The Hall–Kier alpha value is -1.82. The van der Waals surface area contributed by atoms with E-state index < -0.39 is 12.4 Å². The van der Waals surface area contributed by atoms with Crippen molar-refractivity contribution in [2.24, 2.45) is 0 Å². The number of nitrogens with zero attached hydrogens (tertiary/aromatic N) is 1. The van der Waals surface area contributed by atoms with E-state index in [2.05, 4.69) is 4.98 Å². The number of halogens is 2. The summed E-state index contributed by atoms with van der Waals surface area (Å²) in [5, 5.41) is 9.97. The molecule has 0 amide bonds. The minimum atomic E-state index is -2.54. The summed E-state index contributed by atoms with van der Waals surface area (Å²) in [6.45, 7) is 5.84. The number of rotatable bonds is 3. The van der Waals surface area contributed by atoms with Gasteiger partial charge >= 0.3 is 5.97 Å². The molecule has 3 nitrogen and oxygen atoms in total.